The summed E-state index contributed by atoms with van der Waals surface area (Å²) in [7, 11) is 3.29. The zero-order valence-corrected chi connectivity index (χ0v) is 21.5. The molecule has 0 atom stereocenters. The summed E-state index contributed by atoms with van der Waals surface area (Å²) in [6.07, 6.45) is 0. The molecule has 0 radical (unpaired) electrons. The molecule has 8 heteroatoms. The van der Waals surface area contributed by atoms with Crippen LogP contribution in [0.2, 0.25) is 0 Å². The van der Waals surface area contributed by atoms with Crippen molar-refractivity contribution in [2.24, 2.45) is 5.73 Å². The summed E-state index contributed by atoms with van der Waals surface area (Å²) in [5, 5.41) is 3.74. The minimum Gasteiger partial charge on any atom is -0.497 e. The van der Waals surface area contributed by atoms with Gasteiger partial charge in [0.25, 0.3) is 0 Å². The summed E-state index contributed by atoms with van der Waals surface area (Å²) in [4.78, 5) is 4.32. The van der Waals surface area contributed by atoms with Gasteiger partial charge in [0.1, 0.15) is 11.5 Å². The van der Waals surface area contributed by atoms with Crippen LogP contribution in [0, 0.1) is 0 Å². The Balaban J connectivity index is 0.000000169. The van der Waals surface area contributed by atoms with Crippen LogP contribution in [0.5, 0.6) is 11.5 Å². The molecular weight excluding hydrogens is 488 g/mol. The van der Waals surface area contributed by atoms with Crippen LogP contribution in [0.3, 0.4) is 0 Å². The van der Waals surface area contributed by atoms with Crippen LogP contribution in [0.1, 0.15) is 0 Å². The first-order valence-electron chi connectivity index (χ1n) is 11.1. The average Bonchev–Trinajstić information content (AvgIpc) is 3.28. The molecule has 0 fully saturated rings. The van der Waals surface area contributed by atoms with E-state index in [1.807, 2.05) is 78.9 Å². The third-order valence-electron chi connectivity index (χ3n) is 5.32. The number of fused-ring (bicyclic) bond motifs is 1. The normalized spacial score (nSPS) is 10.3. The summed E-state index contributed by atoms with van der Waals surface area (Å²) < 4.78 is 11.7. The first kappa shape index (κ1) is 25.0. The molecule has 5 aromatic rings. The minimum absolute atomic E-state index is 0.238. The molecule has 1 heterocycles. The van der Waals surface area contributed by atoms with Crippen molar-refractivity contribution < 1.29 is 9.47 Å². The Bertz CT molecular complexity index is 1470. The lowest BCUT2D eigenvalue weighted by molar-refractivity contribution is 0.415. The average molecular weight is 515 g/mol. The summed E-state index contributed by atoms with van der Waals surface area (Å²) >= 11 is 6.35. The van der Waals surface area contributed by atoms with E-state index >= 15 is 0 Å². The smallest absolute Gasteiger partial charge is 0.181 e. The zero-order chi connectivity index (χ0) is 25.5. The first-order chi connectivity index (χ1) is 17.5. The Kier molecular flexibility index (Phi) is 7.99. The van der Waals surface area contributed by atoms with Crippen LogP contribution in [0.15, 0.2) is 91.0 Å². The Morgan fingerprint density at radius 3 is 2.03 bits per heavy atom. The fourth-order valence-electron chi connectivity index (χ4n) is 3.70. The maximum Gasteiger partial charge on any atom is 0.181 e. The van der Waals surface area contributed by atoms with E-state index in [4.69, 9.17) is 33.2 Å². The van der Waals surface area contributed by atoms with E-state index in [1.54, 1.807) is 14.2 Å². The van der Waals surface area contributed by atoms with E-state index in [0.29, 0.717) is 5.13 Å². The van der Waals surface area contributed by atoms with Crippen molar-refractivity contribution in [1.29, 1.82) is 0 Å². The molecule has 0 unspecified atom stereocenters. The Labute approximate surface area is 219 Å². The number of methoxy groups -OCH3 is 2. The molecule has 0 aliphatic carbocycles. The number of nitrogens with one attached hydrogen (secondary N) is 1. The van der Waals surface area contributed by atoms with E-state index in [9.17, 15) is 0 Å². The van der Waals surface area contributed by atoms with Crippen LogP contribution in [0.25, 0.3) is 32.5 Å². The molecule has 182 valence electrons. The lowest BCUT2D eigenvalue weighted by Crippen LogP contribution is -2.18. The molecule has 1 aromatic heterocycles. The maximum atomic E-state index is 5.80. The number of ether oxygens (including phenoxy) is 2. The number of nitrogens with zero attached hydrogens (tertiary/aromatic N) is 1. The van der Waals surface area contributed by atoms with Crippen molar-refractivity contribution in [2.75, 3.05) is 25.3 Å². The van der Waals surface area contributed by atoms with Gasteiger partial charge in [-0.15, -0.1) is 0 Å². The van der Waals surface area contributed by atoms with Gasteiger partial charge >= 0.3 is 0 Å². The van der Waals surface area contributed by atoms with Gasteiger partial charge in [0, 0.05) is 23.4 Å². The van der Waals surface area contributed by atoms with E-state index in [2.05, 4.69) is 22.4 Å². The van der Waals surface area contributed by atoms with Gasteiger partial charge in [-0.2, -0.15) is 0 Å². The number of anilines is 2. The number of thiazole rings is 1. The second-order valence-corrected chi connectivity index (χ2v) is 9.22. The predicted octanol–water partition coefficient (Wildman–Crippen LogP) is 6.57. The van der Waals surface area contributed by atoms with Crippen molar-refractivity contribution in [3.05, 3.63) is 91.0 Å². The molecule has 0 saturated carbocycles. The van der Waals surface area contributed by atoms with E-state index in [1.165, 1.54) is 11.3 Å². The van der Waals surface area contributed by atoms with Crippen molar-refractivity contribution in [3.8, 4) is 33.8 Å². The molecule has 36 heavy (non-hydrogen) atoms. The van der Waals surface area contributed by atoms with E-state index in [0.717, 1.165) is 49.7 Å². The van der Waals surface area contributed by atoms with E-state index < -0.39 is 0 Å². The number of thiocarbonyl (C=S) groups is 1. The molecule has 4 aromatic carbocycles. The largest absolute Gasteiger partial charge is 0.497 e. The number of aromatic nitrogens is 1. The minimum atomic E-state index is 0.238. The Hall–Kier alpha value is -4.14. The molecule has 0 aliphatic rings. The van der Waals surface area contributed by atoms with Gasteiger partial charge in [0.05, 0.1) is 24.4 Å². The lowest BCUT2D eigenvalue weighted by Gasteiger charge is -2.10. The number of hydrogen-bond acceptors (Lipinski definition) is 6. The van der Waals surface area contributed by atoms with Gasteiger partial charge in [0.2, 0.25) is 0 Å². The second kappa shape index (κ2) is 11.5. The first-order valence-corrected chi connectivity index (χ1v) is 12.3. The van der Waals surface area contributed by atoms with Crippen LogP contribution in [0.4, 0.5) is 10.8 Å². The third-order valence-corrected chi connectivity index (χ3v) is 6.35. The fourth-order valence-corrected chi connectivity index (χ4v) is 4.67. The van der Waals surface area contributed by atoms with Crippen molar-refractivity contribution >= 4 is 49.7 Å². The number of nitrogen functional groups attached to an aromatic ring is 1. The number of nitrogens with two attached hydrogens (primary N) is 2. The number of hydrogen-bond donors (Lipinski definition) is 3. The fraction of sp³-hybridized carbons (Fsp3) is 0.0714. The molecule has 0 spiro atoms. The monoisotopic (exact) mass is 514 g/mol. The standard InChI is InChI=1S/C14H12N2OS.C14H14N2OS/c1-17-10-7-11(9-5-3-2-4-6-9)13-12(8-10)16-14(15)18-13;1-17-13-8-11(10-5-3-2-4-6-10)7-12(9-13)16-14(15)18/h2-8H,1H3,(H2,15,16);2-9H,1H3,(H3,15,16,18). The number of benzene rings is 4. The molecule has 0 aliphatic heterocycles. The van der Waals surface area contributed by atoms with E-state index in [-0.39, 0.29) is 5.11 Å². The third kappa shape index (κ3) is 6.10. The van der Waals surface area contributed by atoms with Crippen LogP contribution < -0.4 is 26.3 Å². The number of rotatable bonds is 5. The summed E-state index contributed by atoms with van der Waals surface area (Å²) in [6, 6.07) is 30.0. The van der Waals surface area contributed by atoms with Gasteiger partial charge in [-0.3, -0.25) is 0 Å². The van der Waals surface area contributed by atoms with Crippen LogP contribution in [-0.2, 0) is 0 Å². The van der Waals surface area contributed by atoms with Crippen molar-refractivity contribution in [1.82, 2.24) is 4.98 Å². The van der Waals surface area contributed by atoms with Gasteiger partial charge < -0.3 is 26.3 Å². The highest BCUT2D eigenvalue weighted by atomic mass is 32.1. The quantitative estimate of drug-likeness (QED) is 0.228. The molecule has 6 nitrogen and oxygen atoms in total. The summed E-state index contributed by atoms with van der Waals surface area (Å²) in [6.45, 7) is 0. The molecule has 0 amide bonds. The van der Waals surface area contributed by atoms with Gasteiger partial charge in [-0.25, -0.2) is 4.98 Å². The SMILES string of the molecule is COc1cc(-c2ccccc2)c2sc(N)nc2c1.COc1cc(NC(N)=S)cc(-c2ccccc2)c1. The molecular formula is C28H26N4O2S2. The van der Waals surface area contributed by atoms with Crippen LogP contribution >= 0.6 is 23.6 Å². The van der Waals surface area contributed by atoms with Crippen LogP contribution in [-0.4, -0.2) is 24.3 Å². The van der Waals surface area contributed by atoms with Crippen molar-refractivity contribution in [3.63, 3.8) is 0 Å². The predicted molar refractivity (Wildman–Crippen MR) is 155 cm³/mol. The molecule has 0 saturated heterocycles. The Morgan fingerprint density at radius 2 is 1.42 bits per heavy atom. The molecule has 5 rings (SSSR count). The Morgan fingerprint density at radius 1 is 0.806 bits per heavy atom. The highest BCUT2D eigenvalue weighted by molar-refractivity contribution is 7.80. The topological polar surface area (TPSA) is 95.4 Å². The van der Waals surface area contributed by atoms with Gasteiger partial charge in [0.15, 0.2) is 10.2 Å². The lowest BCUT2D eigenvalue weighted by atomic mass is 10.0. The highest BCUT2D eigenvalue weighted by Gasteiger charge is 2.11. The summed E-state index contributed by atoms with van der Waals surface area (Å²) in [5.74, 6) is 1.56. The van der Waals surface area contributed by atoms with Crippen molar-refractivity contribution in [2.45, 2.75) is 0 Å². The van der Waals surface area contributed by atoms with Gasteiger partial charge in [-0.1, -0.05) is 72.0 Å². The zero-order valence-electron chi connectivity index (χ0n) is 19.9. The molecule has 0 bridgehead atoms. The van der Waals surface area contributed by atoms with Gasteiger partial charge in [-0.05, 0) is 47.1 Å². The molecule has 5 N–H and O–H groups in total. The second-order valence-electron chi connectivity index (χ2n) is 7.75. The highest BCUT2D eigenvalue weighted by Crippen LogP contribution is 2.37. The summed E-state index contributed by atoms with van der Waals surface area (Å²) in [5.41, 5.74) is 17.4. The maximum absolute atomic E-state index is 5.80.